The van der Waals surface area contributed by atoms with E-state index in [0.717, 1.165) is 13.2 Å². The van der Waals surface area contributed by atoms with E-state index in [9.17, 15) is 14.9 Å². The van der Waals surface area contributed by atoms with E-state index >= 15 is 0 Å². The number of nitro benzene ring substituents is 1. The third kappa shape index (κ3) is 2.00. The van der Waals surface area contributed by atoms with Crippen LogP contribution in [0.4, 0.5) is 5.69 Å². The normalized spacial score (nSPS) is 9.57. The fourth-order valence-electron chi connectivity index (χ4n) is 0.938. The first kappa shape index (κ1) is 10.5. The lowest BCUT2D eigenvalue weighted by atomic mass is 10.2. The lowest BCUT2D eigenvalue weighted by Gasteiger charge is -2.00. The van der Waals surface area contributed by atoms with Crippen LogP contribution in [0, 0.1) is 10.1 Å². The zero-order valence-electron chi connectivity index (χ0n) is 7.19. The van der Waals surface area contributed by atoms with Gasteiger partial charge in [0.2, 0.25) is 0 Å². The summed E-state index contributed by atoms with van der Waals surface area (Å²) in [6, 6.07) is 3.75. The summed E-state index contributed by atoms with van der Waals surface area (Å²) >= 11 is 5.55. The third-order valence-electron chi connectivity index (χ3n) is 1.56. The van der Waals surface area contributed by atoms with Gasteiger partial charge in [0.15, 0.2) is 0 Å². The maximum absolute atomic E-state index is 11.1. The van der Waals surface area contributed by atoms with E-state index in [1.807, 2.05) is 0 Å². The molecule has 0 fully saturated rings. The Hall–Kier alpha value is -1.62. The minimum absolute atomic E-state index is 0.109. The first-order valence-corrected chi connectivity index (χ1v) is 3.96. The topological polar surface area (TPSA) is 69.4 Å². The Bertz CT molecular complexity index is 391. The minimum atomic E-state index is -0.756. The van der Waals surface area contributed by atoms with E-state index < -0.39 is 10.9 Å². The maximum Gasteiger partial charge on any atom is 0.344 e. The molecule has 1 aromatic rings. The molecule has 0 radical (unpaired) electrons. The number of carbonyl (C=O) groups is 1. The summed E-state index contributed by atoms with van der Waals surface area (Å²) in [7, 11) is 1.15. The molecule has 0 unspecified atom stereocenters. The van der Waals surface area contributed by atoms with Gasteiger partial charge in [-0.05, 0) is 12.1 Å². The molecule has 0 aliphatic carbocycles. The van der Waals surface area contributed by atoms with Crippen molar-refractivity contribution in [3.63, 3.8) is 0 Å². The van der Waals surface area contributed by atoms with Crippen molar-refractivity contribution in [1.29, 1.82) is 0 Å². The summed E-state index contributed by atoms with van der Waals surface area (Å²) < 4.78 is 4.38. The van der Waals surface area contributed by atoms with Gasteiger partial charge in [0.1, 0.15) is 5.56 Å². The van der Waals surface area contributed by atoms with Crippen molar-refractivity contribution in [2.75, 3.05) is 7.11 Å². The molecule has 0 spiro atoms. The van der Waals surface area contributed by atoms with E-state index in [4.69, 9.17) is 11.6 Å². The number of hydrogen-bond acceptors (Lipinski definition) is 4. The second-order valence-corrected chi connectivity index (χ2v) is 2.85. The molecular weight excluding hydrogens is 210 g/mol. The molecule has 74 valence electrons. The number of halogens is 1. The predicted octanol–water partition coefficient (Wildman–Crippen LogP) is 2.03. The highest BCUT2D eigenvalue weighted by molar-refractivity contribution is 6.31. The van der Waals surface area contributed by atoms with Gasteiger partial charge in [-0.15, -0.1) is 0 Å². The zero-order chi connectivity index (χ0) is 10.7. The minimum Gasteiger partial charge on any atom is -0.465 e. The molecule has 0 bridgehead atoms. The van der Waals surface area contributed by atoms with Gasteiger partial charge >= 0.3 is 5.97 Å². The van der Waals surface area contributed by atoms with Crippen LogP contribution >= 0.6 is 11.6 Å². The number of esters is 1. The van der Waals surface area contributed by atoms with Crippen molar-refractivity contribution in [2.45, 2.75) is 0 Å². The third-order valence-corrected chi connectivity index (χ3v) is 1.80. The van der Waals surface area contributed by atoms with Crippen molar-refractivity contribution in [2.24, 2.45) is 0 Å². The van der Waals surface area contributed by atoms with E-state index in [-0.39, 0.29) is 16.3 Å². The first-order chi connectivity index (χ1) is 6.56. The quantitative estimate of drug-likeness (QED) is 0.430. The molecule has 0 saturated carbocycles. The molecule has 1 rings (SSSR count). The van der Waals surface area contributed by atoms with Crippen LogP contribution < -0.4 is 0 Å². The van der Waals surface area contributed by atoms with Crippen LogP contribution in [0.25, 0.3) is 0 Å². The van der Waals surface area contributed by atoms with E-state index in [1.54, 1.807) is 0 Å². The fourth-order valence-corrected chi connectivity index (χ4v) is 1.10. The number of methoxy groups -OCH3 is 1. The van der Waals surface area contributed by atoms with Crippen molar-refractivity contribution >= 4 is 23.3 Å². The van der Waals surface area contributed by atoms with Crippen LogP contribution in [0.15, 0.2) is 18.2 Å². The lowest BCUT2D eigenvalue weighted by molar-refractivity contribution is -0.385. The van der Waals surface area contributed by atoms with Crippen molar-refractivity contribution in [3.05, 3.63) is 38.9 Å². The Balaban J connectivity index is 3.28. The van der Waals surface area contributed by atoms with Crippen LogP contribution in [0.1, 0.15) is 10.4 Å². The average Bonchev–Trinajstić information content (AvgIpc) is 2.16. The summed E-state index contributed by atoms with van der Waals surface area (Å²) in [4.78, 5) is 20.9. The van der Waals surface area contributed by atoms with Crippen molar-refractivity contribution < 1.29 is 14.5 Å². The molecule has 0 heterocycles. The van der Waals surface area contributed by atoms with E-state index in [0.29, 0.717) is 0 Å². The molecule has 0 atom stereocenters. The van der Waals surface area contributed by atoms with Crippen LogP contribution in [0.3, 0.4) is 0 Å². The predicted molar refractivity (Wildman–Crippen MR) is 49.4 cm³/mol. The van der Waals surface area contributed by atoms with Gasteiger partial charge < -0.3 is 4.74 Å². The van der Waals surface area contributed by atoms with Crippen LogP contribution in [-0.2, 0) is 4.74 Å². The number of carbonyl (C=O) groups excluding carboxylic acids is 1. The van der Waals surface area contributed by atoms with Gasteiger partial charge in [0.25, 0.3) is 5.69 Å². The van der Waals surface area contributed by atoms with Gasteiger partial charge in [-0.1, -0.05) is 11.6 Å². The molecule has 0 amide bonds. The van der Waals surface area contributed by atoms with Gasteiger partial charge in [-0.25, -0.2) is 4.79 Å². The number of hydrogen-bond donors (Lipinski definition) is 0. The fraction of sp³-hybridized carbons (Fsp3) is 0.125. The second kappa shape index (κ2) is 4.06. The van der Waals surface area contributed by atoms with Gasteiger partial charge in [0.05, 0.1) is 12.0 Å². The summed E-state index contributed by atoms with van der Waals surface area (Å²) in [5.74, 6) is -0.756. The van der Waals surface area contributed by atoms with Gasteiger partial charge in [-0.3, -0.25) is 10.1 Å². The largest absolute Gasteiger partial charge is 0.465 e. The molecule has 6 heteroatoms. The second-order valence-electron chi connectivity index (χ2n) is 2.41. The number of nitrogens with zero attached hydrogens (tertiary/aromatic N) is 1. The van der Waals surface area contributed by atoms with Crippen molar-refractivity contribution in [3.8, 4) is 0 Å². The molecule has 0 aromatic heterocycles. The van der Waals surface area contributed by atoms with Gasteiger partial charge in [-0.2, -0.15) is 0 Å². The smallest absolute Gasteiger partial charge is 0.344 e. The highest BCUT2D eigenvalue weighted by Crippen LogP contribution is 2.23. The summed E-state index contributed by atoms with van der Waals surface area (Å²) in [6.45, 7) is 0. The number of nitro groups is 1. The highest BCUT2D eigenvalue weighted by atomic mass is 35.5. The first-order valence-electron chi connectivity index (χ1n) is 3.58. The Morgan fingerprint density at radius 3 is 2.71 bits per heavy atom. The lowest BCUT2D eigenvalue weighted by Crippen LogP contribution is -2.05. The molecular formula is C8H6ClNO4. The number of benzene rings is 1. The van der Waals surface area contributed by atoms with Crippen LogP contribution in [-0.4, -0.2) is 18.0 Å². The maximum atomic E-state index is 11.1. The molecule has 0 aliphatic rings. The van der Waals surface area contributed by atoms with Crippen molar-refractivity contribution in [1.82, 2.24) is 0 Å². The Morgan fingerprint density at radius 2 is 2.21 bits per heavy atom. The zero-order valence-corrected chi connectivity index (χ0v) is 7.95. The molecule has 0 N–H and O–H groups in total. The standard InChI is InChI=1S/C8H6ClNO4/c1-14-8(11)6-3-2-5(9)4-7(6)10(12)13/h2-4H,1H3. The Morgan fingerprint density at radius 1 is 1.57 bits per heavy atom. The summed E-state index contributed by atoms with van der Waals surface area (Å²) in [6.07, 6.45) is 0. The van der Waals surface area contributed by atoms with Crippen LogP contribution in [0.5, 0.6) is 0 Å². The summed E-state index contributed by atoms with van der Waals surface area (Å²) in [5.41, 5.74) is -0.466. The van der Waals surface area contributed by atoms with E-state index in [2.05, 4.69) is 4.74 Å². The SMILES string of the molecule is COC(=O)c1ccc(Cl)cc1[N+](=O)[O-]. The number of rotatable bonds is 2. The molecule has 14 heavy (non-hydrogen) atoms. The Labute approximate surface area is 84.4 Å². The number of ether oxygens (including phenoxy) is 1. The monoisotopic (exact) mass is 215 g/mol. The Kier molecular flexibility index (Phi) is 3.03. The molecule has 1 aromatic carbocycles. The molecule has 0 saturated heterocycles. The average molecular weight is 216 g/mol. The highest BCUT2D eigenvalue weighted by Gasteiger charge is 2.20. The summed E-state index contributed by atoms with van der Waals surface area (Å²) in [5, 5.41) is 10.7. The van der Waals surface area contributed by atoms with Gasteiger partial charge in [0, 0.05) is 11.1 Å². The van der Waals surface area contributed by atoms with E-state index in [1.165, 1.54) is 12.1 Å². The van der Waals surface area contributed by atoms with Crippen LogP contribution in [0.2, 0.25) is 5.02 Å². The molecule has 0 aliphatic heterocycles. The molecule has 5 nitrogen and oxygen atoms in total.